The molecule has 0 aromatic heterocycles. The van der Waals surface area contributed by atoms with Gasteiger partial charge in [0.15, 0.2) is 0 Å². The van der Waals surface area contributed by atoms with E-state index in [-0.39, 0.29) is 22.1 Å². The van der Waals surface area contributed by atoms with Crippen molar-refractivity contribution < 1.29 is 14.6 Å². The number of rotatable bonds is 5. The summed E-state index contributed by atoms with van der Waals surface area (Å²) < 4.78 is 0. The highest BCUT2D eigenvalue weighted by Gasteiger charge is 2.17. The van der Waals surface area contributed by atoms with E-state index in [1.54, 1.807) is 0 Å². The number of amides is 1. The van der Waals surface area contributed by atoms with E-state index < -0.39 is 9.85 Å². The van der Waals surface area contributed by atoms with Gasteiger partial charge in [-0.15, -0.1) is 0 Å². The highest BCUT2D eigenvalue weighted by molar-refractivity contribution is 6.34. The molecule has 2 aromatic carbocycles. The summed E-state index contributed by atoms with van der Waals surface area (Å²) in [5.41, 5.74) is 0.0376. The number of nitro groups is 2. The highest BCUT2D eigenvalue weighted by atomic mass is 35.5. The third-order valence-corrected chi connectivity index (χ3v) is 3.16. The van der Waals surface area contributed by atoms with Crippen LogP contribution in [0.1, 0.15) is 0 Å². The molecule has 0 heterocycles. The van der Waals surface area contributed by atoms with Gasteiger partial charge in [-0.25, -0.2) is 0 Å². The first-order valence-electron chi connectivity index (χ1n) is 5.87. The summed E-state index contributed by atoms with van der Waals surface area (Å²) in [5, 5.41) is 21.6. The lowest BCUT2D eigenvalue weighted by Crippen LogP contribution is -2.14. The molecule has 0 aliphatic rings. The largest absolute Gasteiger partial charge is 0.282 e. The molecule has 0 bridgehead atoms. The van der Waals surface area contributed by atoms with E-state index in [0.717, 1.165) is 11.0 Å². The summed E-state index contributed by atoms with van der Waals surface area (Å²) >= 11 is 5.97. The van der Waals surface area contributed by atoms with Gasteiger partial charge in [-0.2, -0.15) is 0 Å². The predicted molar refractivity (Wildman–Crippen MR) is 79.4 cm³/mol. The van der Waals surface area contributed by atoms with E-state index in [4.69, 9.17) is 11.6 Å². The second-order valence-corrected chi connectivity index (χ2v) is 4.55. The number of non-ortho nitro benzene ring substituents is 2. The lowest BCUT2D eigenvalue weighted by molar-refractivity contribution is -0.385. The molecule has 9 heteroatoms. The van der Waals surface area contributed by atoms with Crippen molar-refractivity contribution in [1.82, 2.24) is 0 Å². The molecule has 8 nitrogen and oxygen atoms in total. The van der Waals surface area contributed by atoms with Crippen molar-refractivity contribution in [3.05, 3.63) is 67.7 Å². The van der Waals surface area contributed by atoms with Crippen LogP contribution in [0.3, 0.4) is 0 Å². The van der Waals surface area contributed by atoms with E-state index in [1.807, 2.05) is 0 Å². The third kappa shape index (κ3) is 3.01. The van der Waals surface area contributed by atoms with E-state index >= 15 is 0 Å². The topological polar surface area (TPSA) is 107 Å². The minimum absolute atomic E-state index is 0.111. The van der Waals surface area contributed by atoms with Gasteiger partial charge in [0.1, 0.15) is 0 Å². The van der Waals surface area contributed by atoms with Gasteiger partial charge in [-0.1, -0.05) is 11.6 Å². The normalized spacial score (nSPS) is 10.0. The minimum Gasteiger partial charge on any atom is -0.282 e. The van der Waals surface area contributed by atoms with E-state index in [0.29, 0.717) is 12.1 Å². The molecule has 0 N–H and O–H groups in total. The van der Waals surface area contributed by atoms with Crippen LogP contribution in [0.15, 0.2) is 42.5 Å². The third-order valence-electron chi connectivity index (χ3n) is 2.84. The second kappa shape index (κ2) is 6.19. The van der Waals surface area contributed by atoms with Gasteiger partial charge in [-0.05, 0) is 18.2 Å². The molecule has 0 aliphatic heterocycles. The van der Waals surface area contributed by atoms with Crippen LogP contribution in [0.25, 0.3) is 0 Å². The molecule has 2 aromatic rings. The van der Waals surface area contributed by atoms with Crippen molar-refractivity contribution >= 4 is 40.8 Å². The Morgan fingerprint density at radius 3 is 2.00 bits per heavy atom. The first kappa shape index (κ1) is 15.4. The summed E-state index contributed by atoms with van der Waals surface area (Å²) in [5.74, 6) is 0. The molecule has 0 unspecified atom stereocenters. The molecule has 2 rings (SSSR count). The van der Waals surface area contributed by atoms with Gasteiger partial charge in [0.25, 0.3) is 11.4 Å². The van der Waals surface area contributed by atoms with Gasteiger partial charge >= 0.3 is 0 Å². The molecule has 0 fully saturated rings. The Labute approximate surface area is 128 Å². The van der Waals surface area contributed by atoms with Crippen LogP contribution in [0, 0.1) is 20.2 Å². The minimum atomic E-state index is -0.612. The lowest BCUT2D eigenvalue weighted by Gasteiger charge is -2.18. The van der Waals surface area contributed by atoms with Crippen molar-refractivity contribution in [1.29, 1.82) is 0 Å². The summed E-state index contributed by atoms with van der Waals surface area (Å²) in [6.45, 7) is 0. The maximum Gasteiger partial charge on any atom is 0.271 e. The molecular formula is C13H8ClN3O5. The average Bonchev–Trinajstić information content (AvgIpc) is 2.50. The fraction of sp³-hybridized carbons (Fsp3) is 0. The van der Waals surface area contributed by atoms with Crippen LogP contribution in [-0.2, 0) is 4.79 Å². The molecule has 0 saturated heterocycles. The second-order valence-electron chi connectivity index (χ2n) is 4.14. The summed E-state index contributed by atoms with van der Waals surface area (Å²) in [6.07, 6.45) is 0.423. The van der Waals surface area contributed by atoms with Gasteiger partial charge in [0.2, 0.25) is 6.41 Å². The number of hydrogen-bond donors (Lipinski definition) is 0. The SMILES string of the molecule is O=CN(c1ccc([N+](=O)[O-])cc1)c1cc([N+](=O)[O-])ccc1Cl. The first-order valence-corrected chi connectivity index (χ1v) is 6.24. The number of benzene rings is 2. The Morgan fingerprint density at radius 2 is 1.50 bits per heavy atom. The molecule has 112 valence electrons. The van der Waals surface area contributed by atoms with Gasteiger partial charge < -0.3 is 0 Å². The van der Waals surface area contributed by atoms with E-state index in [9.17, 15) is 25.0 Å². The molecule has 22 heavy (non-hydrogen) atoms. The molecule has 1 amide bonds. The first-order chi connectivity index (χ1) is 10.4. The number of halogens is 1. The van der Waals surface area contributed by atoms with Gasteiger partial charge in [0.05, 0.1) is 20.6 Å². The van der Waals surface area contributed by atoms with E-state index in [2.05, 4.69) is 0 Å². The number of anilines is 2. The molecule has 0 atom stereocenters. The van der Waals surface area contributed by atoms with Crippen molar-refractivity contribution in [2.75, 3.05) is 4.90 Å². The monoisotopic (exact) mass is 321 g/mol. The van der Waals surface area contributed by atoms with Crippen LogP contribution in [-0.4, -0.2) is 16.3 Å². The molecular weight excluding hydrogens is 314 g/mol. The Balaban J connectivity index is 2.47. The number of carbonyl (C=O) groups excluding carboxylic acids is 1. The Kier molecular flexibility index (Phi) is 4.33. The average molecular weight is 322 g/mol. The van der Waals surface area contributed by atoms with Crippen LogP contribution < -0.4 is 4.90 Å². The van der Waals surface area contributed by atoms with E-state index in [1.165, 1.54) is 36.4 Å². The Hall–Kier alpha value is -3.00. The van der Waals surface area contributed by atoms with Gasteiger partial charge in [0, 0.05) is 30.0 Å². The maximum absolute atomic E-state index is 11.3. The fourth-order valence-electron chi connectivity index (χ4n) is 1.79. The zero-order valence-electron chi connectivity index (χ0n) is 10.9. The molecule has 0 saturated carbocycles. The standard InChI is InChI=1S/C13H8ClN3O5/c14-12-6-5-11(17(21)22)7-13(12)15(8-18)9-1-3-10(4-2-9)16(19)20/h1-8H. The van der Waals surface area contributed by atoms with Crippen molar-refractivity contribution in [3.63, 3.8) is 0 Å². The fourth-order valence-corrected chi connectivity index (χ4v) is 2.00. The zero-order chi connectivity index (χ0) is 16.3. The summed E-state index contributed by atoms with van der Waals surface area (Å²) in [4.78, 5) is 32.6. The van der Waals surface area contributed by atoms with Crippen molar-refractivity contribution in [3.8, 4) is 0 Å². The maximum atomic E-state index is 11.3. The quantitative estimate of drug-likeness (QED) is 0.476. The van der Waals surface area contributed by atoms with Crippen LogP contribution in [0.2, 0.25) is 5.02 Å². The van der Waals surface area contributed by atoms with Crippen LogP contribution in [0.4, 0.5) is 22.7 Å². The highest BCUT2D eigenvalue weighted by Crippen LogP contribution is 2.34. The number of carbonyl (C=O) groups is 1. The summed E-state index contributed by atoms with van der Waals surface area (Å²) in [6, 6.07) is 8.80. The van der Waals surface area contributed by atoms with Crippen molar-refractivity contribution in [2.45, 2.75) is 0 Å². The Bertz CT molecular complexity index is 748. The molecule has 0 aliphatic carbocycles. The zero-order valence-corrected chi connectivity index (χ0v) is 11.6. The molecule has 0 spiro atoms. The predicted octanol–water partition coefficient (Wildman–Crippen LogP) is 3.45. The van der Waals surface area contributed by atoms with Crippen molar-refractivity contribution in [2.24, 2.45) is 0 Å². The van der Waals surface area contributed by atoms with Crippen LogP contribution >= 0.6 is 11.6 Å². The lowest BCUT2D eigenvalue weighted by atomic mass is 10.2. The number of hydrogen-bond acceptors (Lipinski definition) is 5. The number of nitro benzene ring substituents is 2. The van der Waals surface area contributed by atoms with Crippen LogP contribution in [0.5, 0.6) is 0 Å². The number of nitrogens with zero attached hydrogens (tertiary/aromatic N) is 3. The van der Waals surface area contributed by atoms with Gasteiger partial charge in [-0.3, -0.25) is 29.9 Å². The smallest absolute Gasteiger partial charge is 0.271 e. The molecule has 0 radical (unpaired) electrons. The Morgan fingerprint density at radius 1 is 0.955 bits per heavy atom. The summed E-state index contributed by atoms with van der Waals surface area (Å²) in [7, 11) is 0.